The number of hydrogen-bond acceptors (Lipinski definition) is 1. The summed E-state index contributed by atoms with van der Waals surface area (Å²) >= 11 is -1.92. The second-order valence-electron chi connectivity index (χ2n) is 6.94. The van der Waals surface area contributed by atoms with Crippen molar-refractivity contribution in [2.75, 3.05) is 6.61 Å². The van der Waals surface area contributed by atoms with E-state index in [2.05, 4.69) is 33.8 Å². The van der Waals surface area contributed by atoms with Crippen LogP contribution in [-0.4, -0.2) is 25.0 Å². The van der Waals surface area contributed by atoms with E-state index < -0.39 is 13.3 Å². The van der Waals surface area contributed by atoms with Gasteiger partial charge in [-0.1, -0.05) is 0 Å². The van der Waals surface area contributed by atoms with Crippen LogP contribution in [0.3, 0.4) is 0 Å². The summed E-state index contributed by atoms with van der Waals surface area (Å²) in [6.45, 7) is 9.66. The summed E-state index contributed by atoms with van der Waals surface area (Å²) < 4.78 is 1.87. The van der Waals surface area contributed by atoms with E-state index in [4.69, 9.17) is 0 Å². The van der Waals surface area contributed by atoms with Crippen molar-refractivity contribution < 1.29 is 5.11 Å². The Labute approximate surface area is 143 Å². The molecule has 0 aromatic rings. The van der Waals surface area contributed by atoms with E-state index in [1.54, 1.807) is 0 Å². The number of hydrogen-bond donors (Lipinski definition) is 1. The van der Waals surface area contributed by atoms with E-state index in [0.29, 0.717) is 6.61 Å². The van der Waals surface area contributed by atoms with Crippen molar-refractivity contribution in [2.45, 2.75) is 108 Å². The molecule has 0 rings (SSSR count). The zero-order valence-corrected chi connectivity index (χ0v) is 18.0. The average Bonchev–Trinajstić information content (AvgIpc) is 2.55. The summed E-state index contributed by atoms with van der Waals surface area (Å²) in [6, 6.07) is 0. The predicted molar refractivity (Wildman–Crippen MR) is 104 cm³/mol. The molecule has 22 heavy (non-hydrogen) atoms. The molecule has 0 atom stereocenters. The molecule has 0 spiro atoms. The normalized spacial score (nSPS) is 12.9. The summed E-state index contributed by atoms with van der Waals surface area (Å²) in [5.74, 6) is 0. The molecule has 0 saturated carbocycles. The molecule has 132 valence electrons. The molecule has 0 heterocycles. The number of allylic oxidation sites excluding steroid dienone is 1. The molecule has 0 amide bonds. The van der Waals surface area contributed by atoms with Crippen LogP contribution in [0.5, 0.6) is 0 Å². The first kappa shape index (κ1) is 22.2. The van der Waals surface area contributed by atoms with E-state index in [1.807, 2.05) is 4.41 Å². The second-order valence-corrected chi connectivity index (χ2v) is 16.8. The predicted octanol–water partition coefficient (Wildman–Crippen LogP) is 6.87. The van der Waals surface area contributed by atoms with E-state index in [1.165, 1.54) is 73.5 Å². The number of aliphatic hydroxyl groups excluding tert-OH is 1. The molecule has 0 bridgehead atoms. The van der Waals surface area contributed by atoms with Crippen molar-refractivity contribution >= 4 is 13.3 Å². The molecule has 0 radical (unpaired) electrons. The summed E-state index contributed by atoms with van der Waals surface area (Å²) in [4.78, 5) is 0. The molecule has 0 aliphatic rings. The Morgan fingerprint density at radius 2 is 1.23 bits per heavy atom. The molecule has 0 saturated heterocycles. The van der Waals surface area contributed by atoms with Gasteiger partial charge in [-0.05, 0) is 0 Å². The van der Waals surface area contributed by atoms with E-state index in [0.717, 1.165) is 6.42 Å². The van der Waals surface area contributed by atoms with Gasteiger partial charge in [0.25, 0.3) is 0 Å². The van der Waals surface area contributed by atoms with Crippen molar-refractivity contribution in [3.8, 4) is 0 Å². The van der Waals surface area contributed by atoms with Crippen molar-refractivity contribution in [3.63, 3.8) is 0 Å². The van der Waals surface area contributed by atoms with Gasteiger partial charge in [0.1, 0.15) is 0 Å². The molecule has 0 aliphatic heterocycles. The van der Waals surface area contributed by atoms with E-state index >= 15 is 0 Å². The maximum atomic E-state index is 9.31. The van der Waals surface area contributed by atoms with Crippen molar-refractivity contribution in [2.24, 2.45) is 0 Å². The number of aliphatic hydroxyl groups is 1. The van der Waals surface area contributed by atoms with Gasteiger partial charge < -0.3 is 0 Å². The van der Waals surface area contributed by atoms with Crippen LogP contribution in [0.2, 0.25) is 15.8 Å². The molecule has 0 unspecified atom stereocenters. The van der Waals surface area contributed by atoms with Gasteiger partial charge in [0.05, 0.1) is 0 Å². The van der Waals surface area contributed by atoms with Gasteiger partial charge in [-0.15, -0.1) is 0 Å². The minimum absolute atomic E-state index is 0.323. The summed E-state index contributed by atoms with van der Waals surface area (Å²) in [6.07, 6.45) is 15.6. The molecule has 2 heteroatoms. The zero-order chi connectivity index (χ0) is 16.7. The fourth-order valence-electron chi connectivity index (χ4n) is 3.59. The van der Waals surface area contributed by atoms with Gasteiger partial charge in [-0.3, -0.25) is 0 Å². The molecule has 0 aromatic carbocycles. The van der Waals surface area contributed by atoms with Crippen LogP contribution in [-0.2, 0) is 0 Å². The van der Waals surface area contributed by atoms with Crippen LogP contribution in [0, 0.1) is 0 Å². The zero-order valence-electron chi connectivity index (χ0n) is 15.9. The molecular weight excluding hydrogens is 329 g/mol. The summed E-state index contributed by atoms with van der Waals surface area (Å²) in [5.41, 5.74) is 0. The summed E-state index contributed by atoms with van der Waals surface area (Å²) in [7, 11) is 0. The van der Waals surface area contributed by atoms with Crippen molar-refractivity contribution in [1.82, 2.24) is 0 Å². The SMILES string of the molecule is CCCC/[C](=C/CCO)[Ge]([CH2]CCC)([CH2]CCC)[CH2]CCC. The second kappa shape index (κ2) is 14.8. The molecule has 0 aliphatic carbocycles. The first-order valence-corrected chi connectivity index (χ1v) is 15.5. The van der Waals surface area contributed by atoms with Gasteiger partial charge in [0.2, 0.25) is 0 Å². The van der Waals surface area contributed by atoms with Gasteiger partial charge in [0, 0.05) is 0 Å². The van der Waals surface area contributed by atoms with Gasteiger partial charge in [-0.25, -0.2) is 0 Å². The molecule has 0 aromatic heterocycles. The first-order valence-electron chi connectivity index (χ1n) is 10.0. The van der Waals surface area contributed by atoms with Crippen molar-refractivity contribution in [1.29, 1.82) is 0 Å². The molecular formula is C20H42GeO. The fraction of sp³-hybridized carbons (Fsp3) is 0.900. The standard InChI is InChI=1S/C20H42GeO/c1-5-9-14-20(15-13-19-22)21(16-10-6-2,17-11-7-3)18-12-8-4/h15,22H,5-14,16-19H2,1-4H3/b20-15-. The van der Waals surface area contributed by atoms with E-state index in [9.17, 15) is 5.11 Å². The van der Waals surface area contributed by atoms with Crippen molar-refractivity contribution in [3.05, 3.63) is 10.5 Å². The Morgan fingerprint density at radius 1 is 0.773 bits per heavy atom. The number of rotatable bonds is 15. The van der Waals surface area contributed by atoms with Gasteiger partial charge in [-0.2, -0.15) is 0 Å². The monoisotopic (exact) mass is 372 g/mol. The van der Waals surface area contributed by atoms with Crippen LogP contribution in [0.4, 0.5) is 0 Å². The molecule has 1 N–H and O–H groups in total. The molecule has 0 fully saturated rings. The van der Waals surface area contributed by atoms with Crippen LogP contribution in [0.1, 0.15) is 91.9 Å². The van der Waals surface area contributed by atoms with Crippen LogP contribution in [0.25, 0.3) is 0 Å². The number of unbranched alkanes of at least 4 members (excludes halogenated alkanes) is 4. The molecule has 1 nitrogen and oxygen atoms in total. The van der Waals surface area contributed by atoms with E-state index in [-0.39, 0.29) is 0 Å². The van der Waals surface area contributed by atoms with Gasteiger partial charge in [0.15, 0.2) is 0 Å². The summed E-state index contributed by atoms with van der Waals surface area (Å²) in [5, 5.41) is 13.9. The third kappa shape index (κ3) is 8.77. The fourth-order valence-corrected chi connectivity index (χ4v) is 16.4. The Hall–Kier alpha value is 0.243. The Balaban J connectivity index is 5.33. The Bertz CT molecular complexity index is 251. The van der Waals surface area contributed by atoms with Gasteiger partial charge >= 0.3 is 143 Å². The minimum atomic E-state index is -1.92. The third-order valence-corrected chi connectivity index (χ3v) is 17.1. The Kier molecular flexibility index (Phi) is 15.0. The quantitative estimate of drug-likeness (QED) is 0.311. The van der Waals surface area contributed by atoms with Crippen LogP contribution < -0.4 is 0 Å². The first-order chi connectivity index (χ1) is 10.7. The Morgan fingerprint density at radius 3 is 1.59 bits per heavy atom. The van der Waals surface area contributed by atoms with Crippen LogP contribution >= 0.6 is 0 Å². The average molecular weight is 371 g/mol. The third-order valence-electron chi connectivity index (χ3n) is 5.03. The topological polar surface area (TPSA) is 20.2 Å². The maximum absolute atomic E-state index is 9.31. The van der Waals surface area contributed by atoms with Crippen LogP contribution in [0.15, 0.2) is 10.5 Å².